The number of amides is 1. The maximum absolute atomic E-state index is 12.7. The SMILES string of the molecule is CC(C)[C@@H](NS(=O)(=O)c1ccc(Cl)cc1)C(=O)NCc1ccc(CN(C)C)cc1. The second-order valence-electron chi connectivity index (χ2n) is 7.57. The predicted molar refractivity (Wildman–Crippen MR) is 116 cm³/mol. The van der Waals surface area contributed by atoms with Gasteiger partial charge in [-0.1, -0.05) is 49.7 Å². The highest BCUT2D eigenvalue weighted by atomic mass is 35.5. The Labute approximate surface area is 178 Å². The maximum atomic E-state index is 12.7. The molecule has 0 heterocycles. The number of benzene rings is 2. The molecule has 8 heteroatoms. The molecule has 2 rings (SSSR count). The van der Waals surface area contributed by atoms with E-state index in [1.165, 1.54) is 29.8 Å². The highest BCUT2D eigenvalue weighted by molar-refractivity contribution is 7.89. The fourth-order valence-corrected chi connectivity index (χ4v) is 4.24. The van der Waals surface area contributed by atoms with Gasteiger partial charge in [0, 0.05) is 18.1 Å². The lowest BCUT2D eigenvalue weighted by molar-refractivity contribution is -0.123. The zero-order valence-electron chi connectivity index (χ0n) is 17.1. The van der Waals surface area contributed by atoms with Crippen LogP contribution in [0.5, 0.6) is 0 Å². The Morgan fingerprint density at radius 1 is 1.00 bits per heavy atom. The Hall–Kier alpha value is -1.93. The fraction of sp³-hybridized carbons (Fsp3) is 0.381. The van der Waals surface area contributed by atoms with Gasteiger partial charge in [-0.15, -0.1) is 0 Å². The van der Waals surface area contributed by atoms with Crippen LogP contribution in [-0.2, 0) is 27.9 Å². The van der Waals surface area contributed by atoms with Gasteiger partial charge in [0.05, 0.1) is 4.90 Å². The van der Waals surface area contributed by atoms with Gasteiger partial charge in [-0.3, -0.25) is 4.79 Å². The normalized spacial score (nSPS) is 12.9. The zero-order valence-corrected chi connectivity index (χ0v) is 18.7. The molecule has 0 aliphatic heterocycles. The van der Waals surface area contributed by atoms with Crippen LogP contribution >= 0.6 is 11.6 Å². The van der Waals surface area contributed by atoms with Crippen molar-refractivity contribution < 1.29 is 13.2 Å². The zero-order chi connectivity index (χ0) is 21.6. The molecule has 158 valence electrons. The molecule has 0 aliphatic carbocycles. The van der Waals surface area contributed by atoms with Crippen LogP contribution in [0.1, 0.15) is 25.0 Å². The minimum atomic E-state index is -3.84. The third-order valence-corrected chi connectivity index (χ3v) is 6.05. The third kappa shape index (κ3) is 7.12. The number of halogens is 1. The van der Waals surface area contributed by atoms with E-state index in [2.05, 4.69) is 14.9 Å². The predicted octanol–water partition coefficient (Wildman–Crippen LogP) is 3.02. The average Bonchev–Trinajstić information content (AvgIpc) is 2.65. The van der Waals surface area contributed by atoms with Crippen LogP contribution < -0.4 is 10.0 Å². The van der Waals surface area contributed by atoms with Crippen LogP contribution in [0.2, 0.25) is 5.02 Å². The molecule has 0 aliphatic rings. The lowest BCUT2D eigenvalue weighted by atomic mass is 10.0. The molecule has 2 aromatic carbocycles. The Morgan fingerprint density at radius 2 is 1.55 bits per heavy atom. The summed E-state index contributed by atoms with van der Waals surface area (Å²) >= 11 is 5.82. The molecule has 0 bridgehead atoms. The molecule has 6 nitrogen and oxygen atoms in total. The first-order valence-electron chi connectivity index (χ1n) is 9.36. The molecule has 0 fully saturated rings. The number of nitrogens with zero attached hydrogens (tertiary/aromatic N) is 1. The van der Waals surface area contributed by atoms with E-state index in [0.717, 1.165) is 12.1 Å². The first-order chi connectivity index (χ1) is 13.6. The molecule has 2 N–H and O–H groups in total. The number of sulfonamides is 1. The van der Waals surface area contributed by atoms with Crippen molar-refractivity contribution in [3.05, 3.63) is 64.7 Å². The summed E-state index contributed by atoms with van der Waals surface area (Å²) in [7, 11) is 0.170. The van der Waals surface area contributed by atoms with Crippen molar-refractivity contribution in [2.45, 2.75) is 37.9 Å². The number of nitrogens with one attached hydrogen (secondary N) is 2. The number of carbonyl (C=O) groups excluding carboxylic acids is 1. The molecule has 0 spiro atoms. The van der Waals surface area contributed by atoms with Gasteiger partial charge in [-0.2, -0.15) is 4.72 Å². The summed E-state index contributed by atoms with van der Waals surface area (Å²) in [6, 6.07) is 12.9. The van der Waals surface area contributed by atoms with Gasteiger partial charge < -0.3 is 10.2 Å². The van der Waals surface area contributed by atoms with Crippen LogP contribution in [0.25, 0.3) is 0 Å². The molecule has 29 heavy (non-hydrogen) atoms. The van der Waals surface area contributed by atoms with Crippen LogP contribution in [-0.4, -0.2) is 39.4 Å². The second kappa shape index (κ2) is 10.2. The Bertz CT molecular complexity index is 911. The highest BCUT2D eigenvalue weighted by Gasteiger charge is 2.28. The summed E-state index contributed by atoms with van der Waals surface area (Å²) in [5, 5.41) is 3.27. The maximum Gasteiger partial charge on any atom is 0.241 e. The van der Waals surface area contributed by atoms with E-state index in [1.54, 1.807) is 13.8 Å². The van der Waals surface area contributed by atoms with E-state index in [-0.39, 0.29) is 16.7 Å². The average molecular weight is 438 g/mol. The van der Waals surface area contributed by atoms with Crippen molar-refractivity contribution in [2.75, 3.05) is 14.1 Å². The lowest BCUT2D eigenvalue weighted by Gasteiger charge is -2.22. The van der Waals surface area contributed by atoms with Crippen molar-refractivity contribution >= 4 is 27.5 Å². The molecular weight excluding hydrogens is 410 g/mol. The van der Waals surface area contributed by atoms with Crippen molar-refractivity contribution in [1.29, 1.82) is 0 Å². The fourth-order valence-electron chi connectivity index (χ4n) is 2.77. The van der Waals surface area contributed by atoms with E-state index >= 15 is 0 Å². The summed E-state index contributed by atoms with van der Waals surface area (Å²) < 4.78 is 27.8. The number of carbonyl (C=O) groups is 1. The van der Waals surface area contributed by atoms with E-state index < -0.39 is 16.1 Å². The summed E-state index contributed by atoms with van der Waals surface area (Å²) in [5.74, 6) is -0.588. The molecule has 2 aromatic rings. The minimum Gasteiger partial charge on any atom is -0.351 e. The van der Waals surface area contributed by atoms with Gasteiger partial charge in [-0.25, -0.2) is 8.42 Å². The Morgan fingerprint density at radius 3 is 2.07 bits per heavy atom. The summed E-state index contributed by atoms with van der Waals surface area (Å²) in [6.07, 6.45) is 0. The smallest absolute Gasteiger partial charge is 0.241 e. The van der Waals surface area contributed by atoms with Gasteiger partial charge in [0.25, 0.3) is 0 Å². The molecule has 1 atom stereocenters. The van der Waals surface area contributed by atoms with Crippen molar-refractivity contribution in [3.8, 4) is 0 Å². The van der Waals surface area contributed by atoms with Gasteiger partial charge in [-0.05, 0) is 55.4 Å². The largest absolute Gasteiger partial charge is 0.351 e. The van der Waals surface area contributed by atoms with Gasteiger partial charge >= 0.3 is 0 Å². The van der Waals surface area contributed by atoms with Crippen molar-refractivity contribution in [2.24, 2.45) is 5.92 Å². The van der Waals surface area contributed by atoms with Gasteiger partial charge in [0.2, 0.25) is 15.9 Å². The molecule has 0 saturated heterocycles. The van der Waals surface area contributed by atoms with E-state index in [9.17, 15) is 13.2 Å². The Balaban J connectivity index is 2.03. The quantitative estimate of drug-likeness (QED) is 0.632. The molecule has 0 saturated carbocycles. The van der Waals surface area contributed by atoms with Crippen LogP contribution in [0, 0.1) is 5.92 Å². The van der Waals surface area contributed by atoms with Gasteiger partial charge in [0.15, 0.2) is 0 Å². The van der Waals surface area contributed by atoms with Gasteiger partial charge in [0.1, 0.15) is 6.04 Å². The lowest BCUT2D eigenvalue weighted by Crippen LogP contribution is -2.49. The molecular formula is C21H28ClN3O3S. The van der Waals surface area contributed by atoms with E-state index in [1.807, 2.05) is 38.4 Å². The molecule has 0 radical (unpaired) electrons. The van der Waals surface area contributed by atoms with E-state index in [0.29, 0.717) is 11.6 Å². The van der Waals surface area contributed by atoms with Crippen LogP contribution in [0.4, 0.5) is 0 Å². The topological polar surface area (TPSA) is 78.5 Å². The van der Waals surface area contributed by atoms with Crippen molar-refractivity contribution in [3.63, 3.8) is 0 Å². The van der Waals surface area contributed by atoms with Crippen LogP contribution in [0.3, 0.4) is 0 Å². The third-order valence-electron chi connectivity index (χ3n) is 4.34. The van der Waals surface area contributed by atoms with Crippen LogP contribution in [0.15, 0.2) is 53.4 Å². The first-order valence-corrected chi connectivity index (χ1v) is 11.2. The molecule has 0 unspecified atom stereocenters. The monoisotopic (exact) mass is 437 g/mol. The van der Waals surface area contributed by atoms with E-state index in [4.69, 9.17) is 11.6 Å². The van der Waals surface area contributed by atoms with Crippen molar-refractivity contribution in [1.82, 2.24) is 14.9 Å². The Kier molecular flexibility index (Phi) is 8.22. The standard InChI is InChI=1S/C21H28ClN3O3S/c1-15(2)20(24-29(27,28)19-11-9-18(22)10-12-19)21(26)23-13-16-5-7-17(8-6-16)14-25(3)4/h5-12,15,20,24H,13-14H2,1-4H3,(H,23,26)/t20-/m1/s1. The summed E-state index contributed by atoms with van der Waals surface area (Å²) in [6.45, 7) is 4.76. The summed E-state index contributed by atoms with van der Waals surface area (Å²) in [4.78, 5) is 14.8. The number of hydrogen-bond acceptors (Lipinski definition) is 4. The number of hydrogen-bond donors (Lipinski definition) is 2. The molecule has 1 amide bonds. The first kappa shape index (κ1) is 23.3. The second-order valence-corrected chi connectivity index (χ2v) is 9.72. The highest BCUT2D eigenvalue weighted by Crippen LogP contribution is 2.16. The number of rotatable bonds is 9. The molecule has 0 aromatic heterocycles. The minimum absolute atomic E-state index is 0.0665. The summed E-state index contributed by atoms with van der Waals surface area (Å²) in [5.41, 5.74) is 2.13.